The summed E-state index contributed by atoms with van der Waals surface area (Å²) in [5.74, 6) is 0. The summed E-state index contributed by atoms with van der Waals surface area (Å²) >= 11 is 0. The number of halogens is 1. The highest BCUT2D eigenvalue weighted by Gasteiger charge is 2.35. The highest BCUT2D eigenvalue weighted by Crippen LogP contribution is 2.28. The van der Waals surface area contributed by atoms with Crippen LogP contribution in [-0.4, -0.2) is 74.9 Å². The predicted molar refractivity (Wildman–Crippen MR) is 80.1 cm³/mol. The summed E-state index contributed by atoms with van der Waals surface area (Å²) in [5, 5.41) is 3.51. The number of hydrogen-bond acceptors (Lipinski definition) is 4. The Kier molecular flexibility index (Phi) is 5.49. The number of likely N-dealkylation sites (tertiary alicyclic amines) is 1. The molecule has 5 heteroatoms. The lowest BCUT2D eigenvalue weighted by molar-refractivity contribution is 0.0178. The molecule has 1 N–H and O–H groups in total. The quantitative estimate of drug-likeness (QED) is 0.832. The highest BCUT2D eigenvalue weighted by atomic mass is 35.5. The first kappa shape index (κ1) is 15.5. The van der Waals surface area contributed by atoms with Gasteiger partial charge in [-0.2, -0.15) is 0 Å². The van der Waals surface area contributed by atoms with Crippen LogP contribution in [0.15, 0.2) is 0 Å². The van der Waals surface area contributed by atoms with E-state index < -0.39 is 0 Å². The van der Waals surface area contributed by atoms with E-state index in [1.807, 2.05) is 0 Å². The Balaban J connectivity index is 0.00000133. The molecule has 0 amide bonds. The van der Waals surface area contributed by atoms with Crippen molar-refractivity contribution in [1.82, 2.24) is 15.1 Å². The predicted octanol–water partition coefficient (Wildman–Crippen LogP) is 0.814. The number of rotatable bonds is 3. The second-order valence-corrected chi connectivity index (χ2v) is 6.56. The molecule has 3 fully saturated rings. The van der Waals surface area contributed by atoms with E-state index in [-0.39, 0.29) is 12.4 Å². The molecule has 0 radical (unpaired) electrons. The molecule has 0 aromatic rings. The third-order valence-electron chi connectivity index (χ3n) is 4.87. The van der Waals surface area contributed by atoms with E-state index in [9.17, 15) is 0 Å². The molecular formula is C14H28ClN3O. The fourth-order valence-electron chi connectivity index (χ4n) is 3.74. The lowest BCUT2D eigenvalue weighted by Gasteiger charge is -2.33. The lowest BCUT2D eigenvalue weighted by Crippen LogP contribution is -2.45. The maximum Gasteiger partial charge on any atom is 0.0594 e. The van der Waals surface area contributed by atoms with Crippen molar-refractivity contribution in [2.24, 2.45) is 5.41 Å². The molecule has 3 saturated heterocycles. The van der Waals surface area contributed by atoms with E-state index in [0.717, 1.165) is 32.3 Å². The average molecular weight is 290 g/mol. The molecule has 0 spiro atoms. The van der Waals surface area contributed by atoms with Crippen LogP contribution in [0.25, 0.3) is 0 Å². The van der Waals surface area contributed by atoms with Crippen molar-refractivity contribution in [1.29, 1.82) is 0 Å². The largest absolute Gasteiger partial charge is 0.379 e. The molecule has 0 bridgehead atoms. The molecule has 3 aliphatic rings. The molecule has 2 atom stereocenters. The van der Waals surface area contributed by atoms with E-state index in [2.05, 4.69) is 22.0 Å². The number of morpholine rings is 1. The van der Waals surface area contributed by atoms with Crippen LogP contribution < -0.4 is 5.32 Å². The Morgan fingerprint density at radius 2 is 2.05 bits per heavy atom. The molecule has 0 aromatic carbocycles. The second-order valence-electron chi connectivity index (χ2n) is 6.56. The van der Waals surface area contributed by atoms with Gasteiger partial charge in [-0.3, -0.25) is 4.90 Å². The van der Waals surface area contributed by atoms with Crippen LogP contribution in [0.1, 0.15) is 19.8 Å². The molecular weight excluding hydrogens is 262 g/mol. The van der Waals surface area contributed by atoms with Crippen molar-refractivity contribution in [3.05, 3.63) is 0 Å². The Morgan fingerprint density at radius 1 is 1.26 bits per heavy atom. The monoisotopic (exact) mass is 289 g/mol. The second kappa shape index (κ2) is 6.72. The van der Waals surface area contributed by atoms with Crippen molar-refractivity contribution in [3.63, 3.8) is 0 Å². The number of ether oxygens (including phenoxy) is 1. The van der Waals surface area contributed by atoms with Crippen LogP contribution in [0.2, 0.25) is 0 Å². The zero-order chi connectivity index (χ0) is 12.4. The summed E-state index contributed by atoms with van der Waals surface area (Å²) in [7, 11) is 0. The zero-order valence-electron chi connectivity index (χ0n) is 12.1. The van der Waals surface area contributed by atoms with Crippen molar-refractivity contribution < 1.29 is 4.74 Å². The maximum absolute atomic E-state index is 5.45. The van der Waals surface area contributed by atoms with E-state index in [0.29, 0.717) is 5.41 Å². The average Bonchev–Trinajstić information content (AvgIpc) is 3.00. The van der Waals surface area contributed by atoms with Gasteiger partial charge in [0.25, 0.3) is 0 Å². The summed E-state index contributed by atoms with van der Waals surface area (Å²) < 4.78 is 5.45. The van der Waals surface area contributed by atoms with Gasteiger partial charge in [-0.25, -0.2) is 0 Å². The van der Waals surface area contributed by atoms with Gasteiger partial charge in [0.05, 0.1) is 13.2 Å². The van der Waals surface area contributed by atoms with Crippen molar-refractivity contribution >= 4 is 12.4 Å². The van der Waals surface area contributed by atoms with Gasteiger partial charge in [0.1, 0.15) is 0 Å². The minimum absolute atomic E-state index is 0. The first-order chi connectivity index (χ1) is 8.75. The standard InChI is InChI=1S/C14H27N3O.ClH/c1-14(3-4-15-11-14)12-16-5-2-13(10-16)17-6-8-18-9-7-17;/h13,15H,2-12H2,1H3;1H. The lowest BCUT2D eigenvalue weighted by atomic mass is 9.89. The molecule has 3 aliphatic heterocycles. The van der Waals surface area contributed by atoms with Gasteiger partial charge in [-0.15, -0.1) is 12.4 Å². The summed E-state index contributed by atoms with van der Waals surface area (Å²) in [6, 6.07) is 0.784. The van der Waals surface area contributed by atoms with Gasteiger partial charge < -0.3 is 15.0 Å². The molecule has 0 aromatic heterocycles. The summed E-state index contributed by atoms with van der Waals surface area (Å²) in [6.45, 7) is 12.8. The maximum atomic E-state index is 5.45. The third kappa shape index (κ3) is 3.82. The Bertz CT molecular complexity index is 278. The fourth-order valence-corrected chi connectivity index (χ4v) is 3.74. The first-order valence-electron chi connectivity index (χ1n) is 7.50. The summed E-state index contributed by atoms with van der Waals surface area (Å²) in [6.07, 6.45) is 2.69. The molecule has 0 aliphatic carbocycles. The van der Waals surface area contributed by atoms with Crippen LogP contribution >= 0.6 is 12.4 Å². The minimum atomic E-state index is 0. The van der Waals surface area contributed by atoms with Gasteiger partial charge in [-0.05, 0) is 31.3 Å². The van der Waals surface area contributed by atoms with Crippen LogP contribution in [0, 0.1) is 5.41 Å². The molecule has 3 heterocycles. The highest BCUT2D eigenvalue weighted by molar-refractivity contribution is 5.85. The van der Waals surface area contributed by atoms with E-state index in [4.69, 9.17) is 4.74 Å². The van der Waals surface area contributed by atoms with Gasteiger partial charge in [-0.1, -0.05) is 6.92 Å². The van der Waals surface area contributed by atoms with E-state index in [1.165, 1.54) is 45.6 Å². The van der Waals surface area contributed by atoms with Gasteiger partial charge in [0.2, 0.25) is 0 Å². The Labute approximate surface area is 123 Å². The number of nitrogens with zero attached hydrogens (tertiary/aromatic N) is 2. The third-order valence-corrected chi connectivity index (χ3v) is 4.87. The van der Waals surface area contributed by atoms with Gasteiger partial charge in [0.15, 0.2) is 0 Å². The van der Waals surface area contributed by atoms with Crippen LogP contribution in [0.3, 0.4) is 0 Å². The first-order valence-corrected chi connectivity index (χ1v) is 7.50. The molecule has 2 unspecified atom stereocenters. The normalized spacial score (nSPS) is 37.4. The Morgan fingerprint density at radius 3 is 2.74 bits per heavy atom. The molecule has 0 saturated carbocycles. The van der Waals surface area contributed by atoms with Crippen LogP contribution in [0.4, 0.5) is 0 Å². The smallest absolute Gasteiger partial charge is 0.0594 e. The van der Waals surface area contributed by atoms with Gasteiger partial charge >= 0.3 is 0 Å². The van der Waals surface area contributed by atoms with E-state index >= 15 is 0 Å². The van der Waals surface area contributed by atoms with Crippen molar-refractivity contribution in [3.8, 4) is 0 Å². The SMILES string of the molecule is CC1(CN2CCC(N3CCOCC3)C2)CCNC1.Cl. The summed E-state index contributed by atoms with van der Waals surface area (Å²) in [4.78, 5) is 5.33. The van der Waals surface area contributed by atoms with E-state index in [1.54, 1.807) is 0 Å². The fraction of sp³-hybridized carbons (Fsp3) is 1.00. The van der Waals surface area contributed by atoms with Gasteiger partial charge in [0, 0.05) is 38.8 Å². The van der Waals surface area contributed by atoms with Crippen molar-refractivity contribution in [2.45, 2.75) is 25.8 Å². The van der Waals surface area contributed by atoms with Crippen LogP contribution in [-0.2, 0) is 4.74 Å². The molecule has 4 nitrogen and oxygen atoms in total. The molecule has 112 valence electrons. The Hall–Kier alpha value is 0.130. The topological polar surface area (TPSA) is 27.7 Å². The molecule has 3 rings (SSSR count). The molecule has 19 heavy (non-hydrogen) atoms. The van der Waals surface area contributed by atoms with Crippen molar-refractivity contribution in [2.75, 3.05) is 59.0 Å². The number of nitrogens with one attached hydrogen (secondary N) is 1. The number of hydrogen-bond donors (Lipinski definition) is 1. The van der Waals surface area contributed by atoms with Crippen LogP contribution in [0.5, 0.6) is 0 Å². The zero-order valence-corrected chi connectivity index (χ0v) is 12.9. The summed E-state index contributed by atoms with van der Waals surface area (Å²) in [5.41, 5.74) is 0.514. The minimum Gasteiger partial charge on any atom is -0.379 e.